The Labute approximate surface area is 109 Å². The van der Waals surface area contributed by atoms with E-state index in [4.69, 9.17) is 5.11 Å². The molecule has 1 heterocycles. The third-order valence-corrected chi connectivity index (χ3v) is 3.64. The van der Waals surface area contributed by atoms with E-state index in [-0.39, 0.29) is 18.5 Å². The molecule has 1 aliphatic heterocycles. The van der Waals surface area contributed by atoms with Crippen molar-refractivity contribution in [2.75, 3.05) is 13.1 Å². The number of aliphatic carboxylic acids is 1. The van der Waals surface area contributed by atoms with Crippen molar-refractivity contribution < 1.29 is 14.7 Å². The Kier molecular flexibility index (Phi) is 5.95. The molecule has 1 saturated heterocycles. The zero-order chi connectivity index (χ0) is 13.5. The molecule has 2 N–H and O–H groups in total. The van der Waals surface area contributed by atoms with Crippen molar-refractivity contribution in [2.45, 2.75) is 52.0 Å². The van der Waals surface area contributed by atoms with Gasteiger partial charge in [0.25, 0.3) is 0 Å². The molecule has 1 aliphatic rings. The van der Waals surface area contributed by atoms with Crippen LogP contribution in [-0.4, -0.2) is 41.1 Å². The van der Waals surface area contributed by atoms with Gasteiger partial charge in [-0.05, 0) is 32.1 Å². The van der Waals surface area contributed by atoms with Gasteiger partial charge in [0, 0.05) is 25.6 Å². The molecule has 1 fully saturated rings. The van der Waals surface area contributed by atoms with E-state index in [1.165, 1.54) is 6.42 Å². The van der Waals surface area contributed by atoms with E-state index in [1.54, 1.807) is 0 Å². The van der Waals surface area contributed by atoms with Crippen LogP contribution < -0.4 is 5.32 Å². The van der Waals surface area contributed by atoms with Crippen LogP contribution in [0.1, 0.15) is 46.0 Å². The Morgan fingerprint density at radius 3 is 2.50 bits per heavy atom. The number of nitrogens with one attached hydrogen (secondary N) is 1. The lowest BCUT2D eigenvalue weighted by Crippen LogP contribution is -2.47. The number of carboxylic acids is 1. The molecule has 0 aromatic heterocycles. The molecule has 2 amide bonds. The maximum absolute atomic E-state index is 11.9. The van der Waals surface area contributed by atoms with Gasteiger partial charge in [0.1, 0.15) is 0 Å². The number of carbonyl (C=O) groups excluding carboxylic acids is 1. The van der Waals surface area contributed by atoms with Crippen molar-refractivity contribution in [3.8, 4) is 0 Å². The fourth-order valence-corrected chi connectivity index (χ4v) is 2.26. The minimum atomic E-state index is -0.820. The van der Waals surface area contributed by atoms with E-state index in [1.807, 2.05) is 11.8 Å². The van der Waals surface area contributed by atoms with Gasteiger partial charge in [0.05, 0.1) is 0 Å². The third-order valence-electron chi connectivity index (χ3n) is 3.64. The Balaban J connectivity index is 2.26. The predicted molar refractivity (Wildman–Crippen MR) is 69.5 cm³/mol. The standard InChI is InChI=1S/C13H24N2O3/c1-3-11-6-8-15(9-7-11)13(18)14-10(2)4-5-12(16)17/h10-11H,3-9H2,1-2H3,(H,14,18)(H,16,17). The minimum Gasteiger partial charge on any atom is -0.481 e. The largest absolute Gasteiger partial charge is 0.481 e. The second-order valence-electron chi connectivity index (χ2n) is 5.12. The van der Waals surface area contributed by atoms with Crippen LogP contribution in [0.5, 0.6) is 0 Å². The van der Waals surface area contributed by atoms with Crippen LogP contribution in [0.25, 0.3) is 0 Å². The summed E-state index contributed by atoms with van der Waals surface area (Å²) in [7, 11) is 0. The first-order valence-corrected chi connectivity index (χ1v) is 6.80. The van der Waals surface area contributed by atoms with Crippen molar-refractivity contribution >= 4 is 12.0 Å². The van der Waals surface area contributed by atoms with E-state index in [0.717, 1.165) is 31.8 Å². The maximum Gasteiger partial charge on any atom is 0.317 e. The molecular formula is C13H24N2O3. The highest BCUT2D eigenvalue weighted by atomic mass is 16.4. The van der Waals surface area contributed by atoms with Crippen LogP contribution in [0.3, 0.4) is 0 Å². The first kappa shape index (κ1) is 14.8. The highest BCUT2D eigenvalue weighted by Gasteiger charge is 2.22. The number of hydrogen-bond acceptors (Lipinski definition) is 2. The van der Waals surface area contributed by atoms with Crippen molar-refractivity contribution in [1.82, 2.24) is 10.2 Å². The van der Waals surface area contributed by atoms with E-state index in [2.05, 4.69) is 12.2 Å². The van der Waals surface area contributed by atoms with Crippen molar-refractivity contribution in [3.63, 3.8) is 0 Å². The molecule has 0 aliphatic carbocycles. The maximum atomic E-state index is 11.9. The summed E-state index contributed by atoms with van der Waals surface area (Å²) in [6.07, 6.45) is 3.91. The fraction of sp³-hybridized carbons (Fsp3) is 0.846. The second kappa shape index (κ2) is 7.24. The number of urea groups is 1. The van der Waals surface area contributed by atoms with Gasteiger partial charge in [-0.15, -0.1) is 0 Å². The topological polar surface area (TPSA) is 69.6 Å². The Bertz CT molecular complexity index is 286. The average molecular weight is 256 g/mol. The van der Waals surface area contributed by atoms with Crippen LogP contribution in [0.15, 0.2) is 0 Å². The van der Waals surface area contributed by atoms with Crippen LogP contribution in [0.2, 0.25) is 0 Å². The number of carbonyl (C=O) groups is 2. The van der Waals surface area contributed by atoms with E-state index < -0.39 is 5.97 Å². The number of rotatable bonds is 5. The molecule has 1 unspecified atom stereocenters. The second-order valence-corrected chi connectivity index (χ2v) is 5.12. The Morgan fingerprint density at radius 2 is 2.00 bits per heavy atom. The van der Waals surface area contributed by atoms with Crippen molar-refractivity contribution in [2.24, 2.45) is 5.92 Å². The predicted octanol–water partition coefficient (Wildman–Crippen LogP) is 2.07. The Hall–Kier alpha value is -1.26. The zero-order valence-corrected chi connectivity index (χ0v) is 11.3. The first-order chi connectivity index (χ1) is 8.52. The number of amides is 2. The highest BCUT2D eigenvalue weighted by molar-refractivity contribution is 5.74. The van der Waals surface area contributed by atoms with Crippen LogP contribution in [0, 0.1) is 5.92 Å². The fourth-order valence-electron chi connectivity index (χ4n) is 2.26. The molecule has 0 spiro atoms. The van der Waals surface area contributed by atoms with Gasteiger partial charge in [-0.2, -0.15) is 0 Å². The summed E-state index contributed by atoms with van der Waals surface area (Å²) in [6.45, 7) is 5.67. The van der Waals surface area contributed by atoms with E-state index in [0.29, 0.717) is 6.42 Å². The summed E-state index contributed by atoms with van der Waals surface area (Å²) in [6, 6.07) is -0.139. The van der Waals surface area contributed by atoms with Gasteiger partial charge >= 0.3 is 12.0 Å². The van der Waals surface area contributed by atoms with Crippen molar-refractivity contribution in [1.29, 1.82) is 0 Å². The summed E-state index contributed by atoms with van der Waals surface area (Å²) < 4.78 is 0. The van der Waals surface area contributed by atoms with Crippen LogP contribution in [0.4, 0.5) is 4.79 Å². The SMILES string of the molecule is CCC1CCN(C(=O)NC(C)CCC(=O)O)CC1. The monoisotopic (exact) mass is 256 g/mol. The quantitative estimate of drug-likeness (QED) is 0.791. The molecule has 0 aromatic carbocycles. The molecule has 104 valence electrons. The van der Waals surface area contributed by atoms with E-state index >= 15 is 0 Å². The molecule has 0 aromatic rings. The number of likely N-dealkylation sites (tertiary alicyclic amines) is 1. The third kappa shape index (κ3) is 4.94. The van der Waals surface area contributed by atoms with Crippen molar-refractivity contribution in [3.05, 3.63) is 0 Å². The van der Waals surface area contributed by atoms with Gasteiger partial charge in [0.2, 0.25) is 0 Å². The molecule has 0 bridgehead atoms. The number of hydrogen-bond donors (Lipinski definition) is 2. The number of piperidine rings is 1. The zero-order valence-electron chi connectivity index (χ0n) is 11.3. The number of nitrogens with zero attached hydrogens (tertiary/aromatic N) is 1. The molecule has 5 nitrogen and oxygen atoms in total. The lowest BCUT2D eigenvalue weighted by molar-refractivity contribution is -0.137. The normalized spacial score (nSPS) is 18.4. The first-order valence-electron chi connectivity index (χ1n) is 6.80. The summed E-state index contributed by atoms with van der Waals surface area (Å²) in [4.78, 5) is 24.2. The number of carboxylic acid groups (broad SMARTS) is 1. The average Bonchev–Trinajstić information content (AvgIpc) is 2.36. The lowest BCUT2D eigenvalue weighted by Gasteiger charge is -2.32. The molecule has 1 atom stereocenters. The molecule has 0 radical (unpaired) electrons. The van der Waals surface area contributed by atoms with Crippen LogP contribution in [-0.2, 0) is 4.79 Å². The molecule has 0 saturated carbocycles. The van der Waals surface area contributed by atoms with Gasteiger partial charge in [-0.3, -0.25) is 4.79 Å². The Morgan fingerprint density at radius 1 is 1.39 bits per heavy atom. The van der Waals surface area contributed by atoms with Gasteiger partial charge in [-0.1, -0.05) is 13.3 Å². The minimum absolute atomic E-state index is 0.0533. The van der Waals surface area contributed by atoms with Crippen LogP contribution >= 0.6 is 0 Å². The molecule has 1 rings (SSSR count). The summed E-state index contributed by atoms with van der Waals surface area (Å²) in [5, 5.41) is 11.4. The smallest absolute Gasteiger partial charge is 0.317 e. The molecular weight excluding hydrogens is 232 g/mol. The summed E-state index contributed by atoms with van der Waals surface area (Å²) in [5.74, 6) is -0.0710. The van der Waals surface area contributed by atoms with Gasteiger partial charge in [-0.25, -0.2) is 4.79 Å². The summed E-state index contributed by atoms with van der Waals surface area (Å²) >= 11 is 0. The highest BCUT2D eigenvalue weighted by Crippen LogP contribution is 2.19. The van der Waals surface area contributed by atoms with E-state index in [9.17, 15) is 9.59 Å². The summed E-state index contributed by atoms with van der Waals surface area (Å²) in [5.41, 5.74) is 0. The lowest BCUT2D eigenvalue weighted by atomic mass is 9.95. The van der Waals surface area contributed by atoms with Gasteiger partial charge < -0.3 is 15.3 Å². The molecule has 18 heavy (non-hydrogen) atoms. The van der Waals surface area contributed by atoms with Gasteiger partial charge in [0.15, 0.2) is 0 Å². The molecule has 5 heteroatoms.